The molecule has 0 fully saturated rings. The Morgan fingerprint density at radius 1 is 1.21 bits per heavy atom. The first kappa shape index (κ1) is 17.6. The maximum Gasteiger partial charge on any atom is 0.352 e. The monoisotopic (exact) mass is 391 g/mol. The first-order valence-corrected chi connectivity index (χ1v) is 7.59. The molecule has 0 aromatic heterocycles. The fourth-order valence-corrected chi connectivity index (χ4v) is 2.39. The quantitative estimate of drug-likeness (QED) is 0.680. The zero-order chi connectivity index (χ0) is 17.7. The van der Waals surface area contributed by atoms with Gasteiger partial charge >= 0.3 is 5.97 Å². The number of carbonyl (C=O) groups excluding carboxylic acids is 1. The minimum absolute atomic E-state index is 0.0974. The summed E-state index contributed by atoms with van der Waals surface area (Å²) in [4.78, 5) is 23.5. The Labute approximate surface area is 146 Å². The second-order valence-corrected chi connectivity index (χ2v) is 5.59. The number of carboxylic acid groups (broad SMARTS) is 1. The van der Waals surface area contributed by atoms with Gasteiger partial charge in [-0.2, -0.15) is 0 Å². The van der Waals surface area contributed by atoms with E-state index in [2.05, 4.69) is 21.2 Å². The Bertz CT molecular complexity index is 802. The van der Waals surface area contributed by atoms with Crippen LogP contribution in [0.15, 0.2) is 52.6 Å². The molecule has 6 nitrogen and oxygen atoms in total. The fourth-order valence-electron chi connectivity index (χ4n) is 1.93. The zero-order valence-electron chi connectivity index (χ0n) is 12.6. The summed E-state index contributed by atoms with van der Waals surface area (Å²) in [6.07, 6.45) is 1.27. The van der Waals surface area contributed by atoms with Gasteiger partial charge in [-0.3, -0.25) is 4.79 Å². The minimum Gasteiger partial charge on any atom is -0.503 e. The third-order valence-corrected chi connectivity index (χ3v) is 3.70. The van der Waals surface area contributed by atoms with Crippen molar-refractivity contribution in [3.05, 3.63) is 63.8 Å². The van der Waals surface area contributed by atoms with Gasteiger partial charge in [0, 0.05) is 5.56 Å². The van der Waals surface area contributed by atoms with E-state index in [-0.39, 0.29) is 17.2 Å². The molecule has 0 spiro atoms. The molecule has 0 aliphatic heterocycles. The summed E-state index contributed by atoms with van der Waals surface area (Å²) >= 11 is 3.16. The number of aliphatic carboxylic acids is 1. The van der Waals surface area contributed by atoms with E-state index in [0.717, 1.165) is 0 Å². The van der Waals surface area contributed by atoms with Crippen LogP contribution in [0, 0.1) is 0 Å². The number of aromatic hydroxyl groups is 1. The summed E-state index contributed by atoms with van der Waals surface area (Å²) in [6, 6.07) is 11.2. The number of halogens is 1. The number of carboxylic acids is 1. The van der Waals surface area contributed by atoms with Crippen molar-refractivity contribution in [1.29, 1.82) is 0 Å². The highest BCUT2D eigenvalue weighted by Crippen LogP contribution is 2.35. The topological polar surface area (TPSA) is 95.9 Å². The number of phenolic OH excluding ortho intramolecular Hbond substituents is 1. The van der Waals surface area contributed by atoms with Gasteiger partial charge in [-0.15, -0.1) is 0 Å². The van der Waals surface area contributed by atoms with Crippen LogP contribution < -0.4 is 10.1 Å². The molecule has 2 aromatic carbocycles. The zero-order valence-corrected chi connectivity index (χ0v) is 14.2. The average Bonchev–Trinajstić information content (AvgIpc) is 2.57. The number of ether oxygens (including phenoxy) is 1. The second kappa shape index (κ2) is 7.65. The van der Waals surface area contributed by atoms with E-state index in [9.17, 15) is 19.8 Å². The van der Waals surface area contributed by atoms with Crippen molar-refractivity contribution < 1.29 is 24.5 Å². The molecule has 2 aromatic rings. The predicted molar refractivity (Wildman–Crippen MR) is 91.9 cm³/mol. The lowest BCUT2D eigenvalue weighted by Crippen LogP contribution is -2.27. The van der Waals surface area contributed by atoms with E-state index < -0.39 is 11.9 Å². The van der Waals surface area contributed by atoms with Gasteiger partial charge in [0.2, 0.25) is 0 Å². The first-order valence-electron chi connectivity index (χ1n) is 6.80. The van der Waals surface area contributed by atoms with Crippen molar-refractivity contribution in [1.82, 2.24) is 5.32 Å². The van der Waals surface area contributed by atoms with E-state index in [4.69, 9.17) is 4.74 Å². The Morgan fingerprint density at radius 3 is 2.46 bits per heavy atom. The van der Waals surface area contributed by atoms with Crippen LogP contribution in [0.1, 0.15) is 15.9 Å². The highest BCUT2D eigenvalue weighted by atomic mass is 79.9. The van der Waals surface area contributed by atoms with Gasteiger partial charge in [0.25, 0.3) is 5.91 Å². The third-order valence-electron chi connectivity index (χ3n) is 3.10. The van der Waals surface area contributed by atoms with E-state index in [1.54, 1.807) is 30.3 Å². The van der Waals surface area contributed by atoms with Crippen LogP contribution in [0.5, 0.6) is 11.5 Å². The Kier molecular flexibility index (Phi) is 5.59. The van der Waals surface area contributed by atoms with Crippen molar-refractivity contribution in [3.8, 4) is 11.5 Å². The lowest BCUT2D eigenvalue weighted by molar-refractivity contribution is -0.132. The standard InChI is InChI=1S/C17H14BrNO5/c1-24-14-9-10(7-12(18)15(14)20)8-13(17(22)23)19-16(21)11-5-3-2-4-6-11/h2-9,20H,1H3,(H,19,21)(H,22,23)/b13-8+. The molecule has 7 heteroatoms. The number of phenols is 1. The summed E-state index contributed by atoms with van der Waals surface area (Å²) in [5, 5.41) is 21.4. The Hall–Kier alpha value is -2.80. The molecule has 3 N–H and O–H groups in total. The van der Waals surface area contributed by atoms with Crippen LogP contribution in [-0.4, -0.2) is 29.2 Å². The van der Waals surface area contributed by atoms with Crippen molar-refractivity contribution in [2.24, 2.45) is 0 Å². The van der Waals surface area contributed by atoms with Crippen molar-refractivity contribution in [2.75, 3.05) is 7.11 Å². The third kappa shape index (κ3) is 4.14. The molecule has 24 heavy (non-hydrogen) atoms. The molecular weight excluding hydrogens is 378 g/mol. The van der Waals surface area contributed by atoms with Gasteiger partial charge in [-0.1, -0.05) is 18.2 Å². The summed E-state index contributed by atoms with van der Waals surface area (Å²) in [5.41, 5.74) is 0.472. The van der Waals surface area contributed by atoms with Crippen LogP contribution in [0.25, 0.3) is 6.08 Å². The van der Waals surface area contributed by atoms with Gasteiger partial charge in [-0.25, -0.2) is 4.79 Å². The lowest BCUT2D eigenvalue weighted by atomic mass is 10.1. The smallest absolute Gasteiger partial charge is 0.352 e. The molecule has 124 valence electrons. The molecular formula is C17H14BrNO5. The number of benzene rings is 2. The lowest BCUT2D eigenvalue weighted by Gasteiger charge is -2.09. The number of methoxy groups -OCH3 is 1. The normalized spacial score (nSPS) is 11.0. The van der Waals surface area contributed by atoms with Crippen LogP contribution in [-0.2, 0) is 4.79 Å². The fraction of sp³-hybridized carbons (Fsp3) is 0.0588. The molecule has 1 amide bonds. The van der Waals surface area contributed by atoms with Gasteiger partial charge < -0.3 is 20.3 Å². The minimum atomic E-state index is -1.29. The van der Waals surface area contributed by atoms with E-state index >= 15 is 0 Å². The van der Waals surface area contributed by atoms with E-state index in [1.807, 2.05) is 0 Å². The maximum atomic E-state index is 12.1. The largest absolute Gasteiger partial charge is 0.503 e. The number of rotatable bonds is 5. The van der Waals surface area contributed by atoms with Crippen LogP contribution in [0.4, 0.5) is 0 Å². The number of carbonyl (C=O) groups is 2. The highest BCUT2D eigenvalue weighted by molar-refractivity contribution is 9.10. The van der Waals surface area contributed by atoms with Crippen LogP contribution in [0.2, 0.25) is 0 Å². The molecule has 2 rings (SSSR count). The Morgan fingerprint density at radius 2 is 1.88 bits per heavy atom. The van der Waals surface area contributed by atoms with Crippen molar-refractivity contribution >= 4 is 33.9 Å². The predicted octanol–water partition coefficient (Wildman–Crippen LogP) is 3.02. The van der Waals surface area contributed by atoms with Crippen molar-refractivity contribution in [2.45, 2.75) is 0 Å². The molecule has 0 atom stereocenters. The maximum absolute atomic E-state index is 12.1. The summed E-state index contributed by atoms with van der Waals surface area (Å²) in [6.45, 7) is 0. The van der Waals surface area contributed by atoms with E-state index in [1.165, 1.54) is 25.3 Å². The van der Waals surface area contributed by atoms with Gasteiger partial charge in [0.1, 0.15) is 5.70 Å². The summed E-state index contributed by atoms with van der Waals surface area (Å²) in [5.74, 6) is -1.74. The molecule has 0 unspecified atom stereocenters. The Balaban J connectivity index is 2.34. The van der Waals surface area contributed by atoms with E-state index in [0.29, 0.717) is 15.6 Å². The summed E-state index contributed by atoms with van der Waals surface area (Å²) in [7, 11) is 1.38. The molecule has 0 aliphatic rings. The molecule has 0 aliphatic carbocycles. The van der Waals surface area contributed by atoms with Crippen molar-refractivity contribution in [3.63, 3.8) is 0 Å². The number of amides is 1. The summed E-state index contributed by atoms with van der Waals surface area (Å²) < 4.78 is 5.35. The van der Waals surface area contributed by atoms with Gasteiger partial charge in [-0.05, 0) is 51.8 Å². The number of hydrogen-bond donors (Lipinski definition) is 3. The second-order valence-electron chi connectivity index (χ2n) is 4.74. The number of hydrogen-bond acceptors (Lipinski definition) is 4. The highest BCUT2D eigenvalue weighted by Gasteiger charge is 2.14. The molecule has 0 radical (unpaired) electrons. The molecule has 0 bridgehead atoms. The number of nitrogens with one attached hydrogen (secondary N) is 1. The first-order chi connectivity index (χ1) is 11.4. The molecule has 0 saturated carbocycles. The SMILES string of the molecule is COc1cc(/C=C(/NC(=O)c2ccccc2)C(=O)O)cc(Br)c1O. The van der Waals surface area contributed by atoms with Crippen LogP contribution >= 0.6 is 15.9 Å². The van der Waals surface area contributed by atoms with Gasteiger partial charge in [0.05, 0.1) is 11.6 Å². The van der Waals surface area contributed by atoms with Crippen LogP contribution in [0.3, 0.4) is 0 Å². The molecule has 0 saturated heterocycles. The average molecular weight is 392 g/mol. The van der Waals surface area contributed by atoms with Gasteiger partial charge in [0.15, 0.2) is 11.5 Å². The molecule has 0 heterocycles.